The van der Waals surface area contributed by atoms with E-state index in [-0.39, 0.29) is 22.3 Å². The molecule has 0 radical (unpaired) electrons. The van der Waals surface area contributed by atoms with Crippen LogP contribution in [-0.4, -0.2) is 52.9 Å². The van der Waals surface area contributed by atoms with Gasteiger partial charge in [0.15, 0.2) is 5.11 Å². The maximum Gasteiger partial charge on any atom is 0.273 e. The molecule has 4 rings (SSSR count). The van der Waals surface area contributed by atoms with E-state index in [1.807, 2.05) is 41.3 Å². The number of rotatable bonds is 5. The van der Waals surface area contributed by atoms with Crippen molar-refractivity contribution in [1.82, 2.24) is 10.2 Å². The Morgan fingerprint density at radius 3 is 2.32 bits per heavy atom. The summed E-state index contributed by atoms with van der Waals surface area (Å²) in [4.78, 5) is 39.7. The number of nitro benzene ring substituents is 1. The van der Waals surface area contributed by atoms with Crippen molar-refractivity contribution in [3.63, 3.8) is 0 Å². The van der Waals surface area contributed by atoms with Gasteiger partial charge in [-0.15, -0.1) is 0 Å². The number of halogens is 1. The molecule has 2 amide bonds. The Kier molecular flexibility index (Phi) is 8.00. The normalized spacial score (nSPS) is 13.1. The average Bonchev–Trinajstić information content (AvgIpc) is 2.89. The number of carbonyl (C=O) groups is 2. The van der Waals surface area contributed by atoms with Gasteiger partial charge in [0.2, 0.25) is 0 Å². The van der Waals surface area contributed by atoms with Gasteiger partial charge in [-0.2, -0.15) is 0 Å². The minimum Gasteiger partial charge on any atom is -0.367 e. The molecule has 190 valence electrons. The van der Waals surface area contributed by atoms with Crippen LogP contribution in [0.1, 0.15) is 26.3 Å². The third kappa shape index (κ3) is 6.22. The summed E-state index contributed by atoms with van der Waals surface area (Å²) < 4.78 is 0. The summed E-state index contributed by atoms with van der Waals surface area (Å²) in [5.74, 6) is -0.548. The van der Waals surface area contributed by atoms with Gasteiger partial charge in [-0.1, -0.05) is 35.9 Å². The summed E-state index contributed by atoms with van der Waals surface area (Å²) >= 11 is 11.8. The smallest absolute Gasteiger partial charge is 0.273 e. The Hall–Kier alpha value is -4.02. The Bertz CT molecular complexity index is 1360. The number of hydrogen-bond donors (Lipinski definition) is 2. The van der Waals surface area contributed by atoms with Gasteiger partial charge in [-0.05, 0) is 55.5 Å². The van der Waals surface area contributed by atoms with Crippen LogP contribution >= 0.6 is 23.8 Å². The molecule has 11 heteroatoms. The van der Waals surface area contributed by atoms with E-state index in [0.717, 1.165) is 5.69 Å². The zero-order valence-electron chi connectivity index (χ0n) is 19.9. The lowest BCUT2D eigenvalue weighted by Crippen LogP contribution is -2.48. The Morgan fingerprint density at radius 1 is 0.973 bits per heavy atom. The number of amides is 2. The second kappa shape index (κ2) is 11.4. The maximum absolute atomic E-state index is 12.7. The van der Waals surface area contributed by atoms with E-state index in [1.165, 1.54) is 18.2 Å². The third-order valence-electron chi connectivity index (χ3n) is 6.03. The van der Waals surface area contributed by atoms with Crippen LogP contribution in [0.25, 0.3) is 0 Å². The van der Waals surface area contributed by atoms with Crippen molar-refractivity contribution in [1.29, 1.82) is 0 Å². The summed E-state index contributed by atoms with van der Waals surface area (Å²) in [5.41, 5.74) is 2.53. The minimum atomic E-state index is -0.564. The van der Waals surface area contributed by atoms with E-state index < -0.39 is 10.8 Å². The van der Waals surface area contributed by atoms with E-state index >= 15 is 0 Å². The van der Waals surface area contributed by atoms with Gasteiger partial charge >= 0.3 is 0 Å². The van der Waals surface area contributed by atoms with Gasteiger partial charge in [-0.25, -0.2) is 0 Å². The quantitative estimate of drug-likeness (QED) is 0.277. The predicted octanol–water partition coefficient (Wildman–Crippen LogP) is 4.65. The highest BCUT2D eigenvalue weighted by molar-refractivity contribution is 7.80. The average molecular weight is 538 g/mol. The van der Waals surface area contributed by atoms with Crippen LogP contribution in [0.5, 0.6) is 0 Å². The molecule has 0 aromatic heterocycles. The molecule has 37 heavy (non-hydrogen) atoms. The fraction of sp³-hybridized carbons (Fsp3) is 0.192. The van der Waals surface area contributed by atoms with Gasteiger partial charge < -0.3 is 15.1 Å². The molecule has 1 aliphatic heterocycles. The first-order chi connectivity index (χ1) is 17.7. The molecule has 0 atom stereocenters. The van der Waals surface area contributed by atoms with Gasteiger partial charge in [0.05, 0.1) is 15.6 Å². The largest absolute Gasteiger partial charge is 0.367 e. The van der Waals surface area contributed by atoms with E-state index in [1.54, 1.807) is 19.1 Å². The SMILES string of the molecule is Cc1ccc(C(=O)NC(=S)Nc2ccc(N3CCN(C(=O)c4ccccc4)CC3)c(Cl)c2)cc1[N+](=O)[O-]. The molecular formula is C26H24ClN5O4S. The number of aryl methyl sites for hydroxylation is 1. The number of anilines is 2. The summed E-state index contributed by atoms with van der Waals surface area (Å²) in [6.45, 7) is 4.04. The minimum absolute atomic E-state index is 0.0155. The molecule has 0 saturated carbocycles. The van der Waals surface area contributed by atoms with E-state index in [2.05, 4.69) is 15.5 Å². The molecule has 0 bridgehead atoms. The van der Waals surface area contributed by atoms with Gasteiger partial charge in [0.25, 0.3) is 17.5 Å². The summed E-state index contributed by atoms with van der Waals surface area (Å²) in [6, 6.07) is 18.8. The number of thiocarbonyl (C=S) groups is 1. The summed E-state index contributed by atoms with van der Waals surface area (Å²) in [7, 11) is 0. The van der Waals surface area contributed by atoms with Crippen molar-refractivity contribution in [2.75, 3.05) is 36.4 Å². The number of piperazine rings is 1. The van der Waals surface area contributed by atoms with Crippen LogP contribution in [-0.2, 0) is 0 Å². The maximum atomic E-state index is 12.7. The first-order valence-corrected chi connectivity index (χ1v) is 12.3. The number of nitrogens with zero attached hydrogens (tertiary/aromatic N) is 3. The van der Waals surface area contributed by atoms with Crippen LogP contribution in [0.15, 0.2) is 66.7 Å². The van der Waals surface area contributed by atoms with Crippen LogP contribution in [0, 0.1) is 17.0 Å². The fourth-order valence-electron chi connectivity index (χ4n) is 4.04. The van der Waals surface area contributed by atoms with Crippen LogP contribution in [0.4, 0.5) is 17.1 Å². The van der Waals surface area contributed by atoms with E-state index in [4.69, 9.17) is 23.8 Å². The van der Waals surface area contributed by atoms with Crippen molar-refractivity contribution in [3.05, 3.63) is 98.6 Å². The molecule has 3 aromatic rings. The van der Waals surface area contributed by atoms with Crippen molar-refractivity contribution >= 4 is 57.8 Å². The molecule has 1 heterocycles. The zero-order valence-corrected chi connectivity index (χ0v) is 21.5. The Labute approximate surface area is 224 Å². The van der Waals surface area contributed by atoms with Crippen molar-refractivity contribution in [2.45, 2.75) is 6.92 Å². The third-order valence-corrected chi connectivity index (χ3v) is 6.54. The second-order valence-corrected chi connectivity index (χ2v) is 9.29. The van der Waals surface area contributed by atoms with Gasteiger partial charge in [0.1, 0.15) is 0 Å². The van der Waals surface area contributed by atoms with E-state index in [9.17, 15) is 19.7 Å². The van der Waals surface area contributed by atoms with Crippen LogP contribution < -0.4 is 15.5 Å². The van der Waals surface area contributed by atoms with Gasteiger partial charge in [-0.3, -0.25) is 25.0 Å². The van der Waals surface area contributed by atoms with Crippen LogP contribution in [0.3, 0.4) is 0 Å². The molecule has 1 fully saturated rings. The Morgan fingerprint density at radius 2 is 1.68 bits per heavy atom. The first-order valence-electron chi connectivity index (χ1n) is 11.5. The number of nitro groups is 1. The highest BCUT2D eigenvalue weighted by atomic mass is 35.5. The second-order valence-electron chi connectivity index (χ2n) is 8.48. The molecule has 1 saturated heterocycles. The molecular weight excluding hydrogens is 514 g/mol. The molecule has 1 aliphatic rings. The van der Waals surface area contributed by atoms with Crippen LogP contribution in [0.2, 0.25) is 5.02 Å². The lowest BCUT2D eigenvalue weighted by molar-refractivity contribution is -0.385. The molecule has 0 spiro atoms. The molecule has 2 N–H and O–H groups in total. The topological polar surface area (TPSA) is 108 Å². The number of hydrogen-bond acceptors (Lipinski definition) is 6. The first kappa shape index (κ1) is 26.1. The molecule has 3 aromatic carbocycles. The lowest BCUT2D eigenvalue weighted by atomic mass is 10.1. The molecule has 0 unspecified atom stereocenters. The van der Waals surface area contributed by atoms with E-state index in [0.29, 0.717) is 48.0 Å². The predicted molar refractivity (Wildman–Crippen MR) is 148 cm³/mol. The summed E-state index contributed by atoms with van der Waals surface area (Å²) in [6.07, 6.45) is 0. The fourth-order valence-corrected chi connectivity index (χ4v) is 4.55. The lowest BCUT2D eigenvalue weighted by Gasteiger charge is -2.36. The number of benzene rings is 3. The zero-order chi connectivity index (χ0) is 26.5. The standard InChI is InChI=1S/C26H24ClN5O4S/c1-17-7-8-19(15-23(17)32(35)36)24(33)29-26(37)28-20-9-10-22(21(27)16-20)30-11-13-31(14-12-30)25(34)18-5-3-2-4-6-18/h2-10,15-16H,11-14H2,1H3,(H2,28,29,33,37). The molecule has 9 nitrogen and oxygen atoms in total. The highest BCUT2D eigenvalue weighted by Gasteiger charge is 2.23. The number of nitrogens with one attached hydrogen (secondary N) is 2. The molecule has 0 aliphatic carbocycles. The Balaban J connectivity index is 1.34. The van der Waals surface area contributed by atoms with Crippen molar-refractivity contribution in [2.24, 2.45) is 0 Å². The monoisotopic (exact) mass is 537 g/mol. The van der Waals surface area contributed by atoms with Gasteiger partial charge in [0, 0.05) is 54.6 Å². The van der Waals surface area contributed by atoms with Crippen molar-refractivity contribution in [3.8, 4) is 0 Å². The highest BCUT2D eigenvalue weighted by Crippen LogP contribution is 2.30. The van der Waals surface area contributed by atoms with Crippen molar-refractivity contribution < 1.29 is 14.5 Å². The summed E-state index contributed by atoms with van der Waals surface area (Å²) in [5, 5.41) is 17.1. The number of carbonyl (C=O) groups excluding carboxylic acids is 2.